The maximum Gasteiger partial charge on any atom is 0.332 e. The van der Waals surface area contributed by atoms with Crippen LogP contribution in [0, 0.1) is 0 Å². The fourth-order valence-corrected chi connectivity index (χ4v) is 1.02. The molecular formula is C9H9BO3. The normalized spacial score (nSPS) is 12.4. The first kappa shape index (κ1) is 9.80. The fourth-order valence-electron chi connectivity index (χ4n) is 1.02. The summed E-state index contributed by atoms with van der Waals surface area (Å²) in [7, 11) is 5.56. The summed E-state index contributed by atoms with van der Waals surface area (Å²) in [5.41, 5.74) is 1.15. The van der Waals surface area contributed by atoms with Crippen LogP contribution in [0.2, 0.25) is 0 Å². The quantitative estimate of drug-likeness (QED) is 0.608. The number of carboxylic acids is 1. The number of benzene rings is 1. The molecule has 4 heteroatoms. The van der Waals surface area contributed by atoms with E-state index in [0.717, 1.165) is 0 Å². The van der Waals surface area contributed by atoms with Crippen molar-refractivity contribution in [2.24, 2.45) is 0 Å². The lowest BCUT2D eigenvalue weighted by Crippen LogP contribution is -2.25. The molecule has 2 radical (unpaired) electrons. The molecule has 0 unspecified atom stereocenters. The van der Waals surface area contributed by atoms with Gasteiger partial charge in [-0.3, -0.25) is 0 Å². The van der Waals surface area contributed by atoms with Crippen molar-refractivity contribution in [2.45, 2.75) is 12.5 Å². The molecule has 0 saturated heterocycles. The van der Waals surface area contributed by atoms with E-state index in [0.29, 0.717) is 11.0 Å². The Morgan fingerprint density at radius 2 is 2.08 bits per heavy atom. The van der Waals surface area contributed by atoms with E-state index in [1.807, 2.05) is 0 Å². The van der Waals surface area contributed by atoms with Gasteiger partial charge in [0.1, 0.15) is 7.85 Å². The number of hydrogen-bond donors (Lipinski definition) is 2. The first-order valence-electron chi connectivity index (χ1n) is 3.85. The van der Waals surface area contributed by atoms with Crippen LogP contribution in [-0.2, 0) is 11.2 Å². The van der Waals surface area contributed by atoms with Crippen molar-refractivity contribution in [3.05, 3.63) is 29.8 Å². The van der Waals surface area contributed by atoms with Gasteiger partial charge in [0.05, 0.1) is 0 Å². The highest BCUT2D eigenvalue weighted by molar-refractivity contribution is 6.33. The van der Waals surface area contributed by atoms with Crippen molar-refractivity contribution < 1.29 is 15.0 Å². The molecule has 0 bridgehead atoms. The SMILES string of the molecule is [B]c1ccccc1C[C@H](O)C(=O)O. The van der Waals surface area contributed by atoms with Crippen LogP contribution >= 0.6 is 0 Å². The molecule has 0 amide bonds. The topological polar surface area (TPSA) is 57.5 Å². The first-order chi connectivity index (χ1) is 6.11. The predicted octanol–water partition coefficient (Wildman–Crippen LogP) is -0.532. The van der Waals surface area contributed by atoms with Gasteiger partial charge in [-0.05, 0) is 0 Å². The summed E-state index contributed by atoms with van der Waals surface area (Å²) in [6.45, 7) is 0. The zero-order chi connectivity index (χ0) is 9.84. The number of carbonyl (C=O) groups is 1. The molecule has 0 aromatic heterocycles. The van der Waals surface area contributed by atoms with Gasteiger partial charge in [-0.1, -0.05) is 35.3 Å². The van der Waals surface area contributed by atoms with Crippen LogP contribution in [0.15, 0.2) is 24.3 Å². The molecule has 2 N–H and O–H groups in total. The number of aliphatic carboxylic acids is 1. The van der Waals surface area contributed by atoms with Crippen molar-refractivity contribution in [2.75, 3.05) is 0 Å². The van der Waals surface area contributed by atoms with Crippen LogP contribution in [0.4, 0.5) is 0 Å². The molecule has 0 saturated carbocycles. The van der Waals surface area contributed by atoms with E-state index in [2.05, 4.69) is 0 Å². The standard InChI is InChI=1S/C9H9BO3/c10-7-4-2-1-3-6(7)5-8(11)9(12)13/h1-4,8,11H,5H2,(H,12,13)/t8-/m0/s1. The molecule has 1 aromatic rings. The van der Waals surface area contributed by atoms with Crippen LogP contribution in [0.5, 0.6) is 0 Å². The summed E-state index contributed by atoms with van der Waals surface area (Å²) in [6, 6.07) is 6.87. The number of rotatable bonds is 3. The molecule has 0 aliphatic carbocycles. The van der Waals surface area contributed by atoms with Gasteiger partial charge in [-0.25, -0.2) is 4.79 Å². The second-order valence-electron chi connectivity index (χ2n) is 2.76. The summed E-state index contributed by atoms with van der Waals surface area (Å²) in [5, 5.41) is 17.5. The van der Waals surface area contributed by atoms with Gasteiger partial charge in [0.25, 0.3) is 0 Å². The zero-order valence-corrected chi connectivity index (χ0v) is 6.97. The van der Waals surface area contributed by atoms with Crippen molar-refractivity contribution >= 4 is 19.3 Å². The lowest BCUT2D eigenvalue weighted by atomic mass is 9.88. The Morgan fingerprint density at radius 1 is 1.46 bits per heavy atom. The predicted molar refractivity (Wildman–Crippen MR) is 49.2 cm³/mol. The van der Waals surface area contributed by atoms with E-state index in [1.54, 1.807) is 24.3 Å². The highest BCUT2D eigenvalue weighted by atomic mass is 16.4. The number of aliphatic hydroxyl groups is 1. The van der Waals surface area contributed by atoms with Gasteiger partial charge in [0.2, 0.25) is 0 Å². The maximum atomic E-state index is 10.3. The van der Waals surface area contributed by atoms with Crippen LogP contribution in [0.1, 0.15) is 5.56 Å². The number of hydrogen-bond acceptors (Lipinski definition) is 2. The second kappa shape index (κ2) is 4.09. The van der Waals surface area contributed by atoms with Crippen molar-refractivity contribution in [3.63, 3.8) is 0 Å². The Hall–Kier alpha value is -1.29. The summed E-state index contributed by atoms with van der Waals surface area (Å²) < 4.78 is 0. The molecule has 0 heterocycles. The second-order valence-corrected chi connectivity index (χ2v) is 2.76. The molecule has 0 fully saturated rings. The lowest BCUT2D eigenvalue weighted by Gasteiger charge is -2.07. The minimum atomic E-state index is -1.38. The highest BCUT2D eigenvalue weighted by Crippen LogP contribution is 2.00. The van der Waals surface area contributed by atoms with Gasteiger partial charge in [0, 0.05) is 6.42 Å². The molecule has 0 spiro atoms. The summed E-state index contributed by atoms with van der Waals surface area (Å²) in [6.07, 6.45) is -1.34. The molecule has 1 rings (SSSR count). The number of aliphatic hydroxyl groups excluding tert-OH is 1. The largest absolute Gasteiger partial charge is 0.479 e. The third-order valence-corrected chi connectivity index (χ3v) is 1.75. The van der Waals surface area contributed by atoms with E-state index < -0.39 is 12.1 Å². The van der Waals surface area contributed by atoms with Crippen LogP contribution in [0.3, 0.4) is 0 Å². The smallest absolute Gasteiger partial charge is 0.332 e. The Balaban J connectivity index is 2.74. The van der Waals surface area contributed by atoms with Gasteiger partial charge >= 0.3 is 5.97 Å². The van der Waals surface area contributed by atoms with Crippen molar-refractivity contribution in [1.82, 2.24) is 0 Å². The molecule has 3 nitrogen and oxygen atoms in total. The van der Waals surface area contributed by atoms with E-state index in [4.69, 9.17) is 18.1 Å². The Labute approximate surface area is 77.4 Å². The molecule has 13 heavy (non-hydrogen) atoms. The molecule has 66 valence electrons. The van der Waals surface area contributed by atoms with E-state index in [-0.39, 0.29) is 6.42 Å². The van der Waals surface area contributed by atoms with Gasteiger partial charge < -0.3 is 10.2 Å². The van der Waals surface area contributed by atoms with Crippen LogP contribution in [-0.4, -0.2) is 30.1 Å². The lowest BCUT2D eigenvalue weighted by molar-refractivity contribution is -0.146. The van der Waals surface area contributed by atoms with Gasteiger partial charge in [-0.2, -0.15) is 0 Å². The molecule has 0 aliphatic heterocycles. The Kier molecular flexibility index (Phi) is 3.09. The number of carboxylic acid groups (broad SMARTS) is 1. The van der Waals surface area contributed by atoms with Crippen molar-refractivity contribution in [3.8, 4) is 0 Å². The van der Waals surface area contributed by atoms with E-state index >= 15 is 0 Å². The van der Waals surface area contributed by atoms with Crippen molar-refractivity contribution in [1.29, 1.82) is 0 Å². The Morgan fingerprint density at radius 3 is 2.62 bits per heavy atom. The fraction of sp³-hybridized carbons (Fsp3) is 0.222. The molecule has 0 aliphatic rings. The Bertz CT molecular complexity index is 311. The van der Waals surface area contributed by atoms with E-state index in [1.165, 1.54) is 0 Å². The maximum absolute atomic E-state index is 10.3. The first-order valence-corrected chi connectivity index (χ1v) is 3.85. The average molecular weight is 176 g/mol. The van der Waals surface area contributed by atoms with Gasteiger partial charge in [-0.15, -0.1) is 0 Å². The minimum absolute atomic E-state index is 0.0437. The minimum Gasteiger partial charge on any atom is -0.479 e. The molecular weight excluding hydrogens is 167 g/mol. The van der Waals surface area contributed by atoms with Crippen LogP contribution < -0.4 is 5.46 Å². The monoisotopic (exact) mass is 176 g/mol. The van der Waals surface area contributed by atoms with Crippen LogP contribution in [0.25, 0.3) is 0 Å². The third-order valence-electron chi connectivity index (χ3n) is 1.75. The third kappa shape index (κ3) is 2.59. The molecule has 1 atom stereocenters. The summed E-state index contributed by atoms with van der Waals surface area (Å²) in [5.74, 6) is -1.23. The van der Waals surface area contributed by atoms with E-state index in [9.17, 15) is 4.79 Å². The highest BCUT2D eigenvalue weighted by Gasteiger charge is 2.13. The molecule has 1 aromatic carbocycles. The zero-order valence-electron chi connectivity index (χ0n) is 6.97. The summed E-state index contributed by atoms with van der Waals surface area (Å²) in [4.78, 5) is 10.3. The van der Waals surface area contributed by atoms with Gasteiger partial charge in [0.15, 0.2) is 6.10 Å². The summed E-state index contributed by atoms with van der Waals surface area (Å²) >= 11 is 0. The average Bonchev–Trinajstić information content (AvgIpc) is 2.08.